The predicted molar refractivity (Wildman–Crippen MR) is 66.1 cm³/mol. The van der Waals surface area contributed by atoms with Crippen molar-refractivity contribution in [3.8, 4) is 0 Å². The van der Waals surface area contributed by atoms with Gasteiger partial charge in [-0.3, -0.25) is 9.79 Å². The van der Waals surface area contributed by atoms with Crippen LogP contribution in [0.25, 0.3) is 0 Å². The second-order valence-corrected chi connectivity index (χ2v) is 5.50. The summed E-state index contributed by atoms with van der Waals surface area (Å²) in [7, 11) is 0. The monoisotopic (exact) mass is 215 g/mol. The average Bonchev–Trinajstić information content (AvgIpc) is 2.61. The Kier molecular flexibility index (Phi) is 2.66. The van der Waals surface area contributed by atoms with Crippen LogP contribution >= 0.6 is 0 Å². The zero-order valence-corrected chi connectivity index (χ0v) is 10.1. The van der Waals surface area contributed by atoms with Crippen LogP contribution in [0.1, 0.15) is 48.7 Å². The Hall–Kier alpha value is -1.44. The van der Waals surface area contributed by atoms with Crippen molar-refractivity contribution in [1.82, 2.24) is 0 Å². The summed E-state index contributed by atoms with van der Waals surface area (Å²) in [4.78, 5) is 16.4. The maximum Gasteiger partial charge on any atom is 0.163 e. The molecule has 2 heteroatoms. The minimum absolute atomic E-state index is 0.0409. The quantitative estimate of drug-likeness (QED) is 0.696. The first-order valence-electron chi connectivity index (χ1n) is 5.62. The molecule has 0 spiro atoms. The van der Waals surface area contributed by atoms with Gasteiger partial charge in [-0.2, -0.15) is 0 Å². The zero-order chi connectivity index (χ0) is 11.8. The van der Waals surface area contributed by atoms with Crippen molar-refractivity contribution in [1.29, 1.82) is 0 Å². The third kappa shape index (κ3) is 2.21. The fourth-order valence-corrected chi connectivity index (χ4v) is 1.98. The van der Waals surface area contributed by atoms with Gasteiger partial charge in [-0.05, 0) is 16.5 Å². The number of Topliss-reactive ketones (excluding diaryl/α,β-unsaturated/α-hetero) is 1. The van der Waals surface area contributed by atoms with E-state index < -0.39 is 0 Å². The van der Waals surface area contributed by atoms with Gasteiger partial charge in [0.25, 0.3) is 0 Å². The highest BCUT2D eigenvalue weighted by Crippen LogP contribution is 2.25. The van der Waals surface area contributed by atoms with Crippen LogP contribution in [-0.4, -0.2) is 12.0 Å². The summed E-state index contributed by atoms with van der Waals surface area (Å²) < 4.78 is 0. The van der Waals surface area contributed by atoms with Crippen molar-refractivity contribution >= 4 is 12.0 Å². The molecule has 1 aromatic rings. The third-order valence-electron chi connectivity index (χ3n) is 2.68. The zero-order valence-electron chi connectivity index (χ0n) is 10.1. The molecule has 2 rings (SSSR count). The van der Waals surface area contributed by atoms with Gasteiger partial charge in [0.2, 0.25) is 0 Å². The first kappa shape index (κ1) is 11.1. The van der Waals surface area contributed by atoms with E-state index in [1.807, 2.05) is 24.4 Å². The summed E-state index contributed by atoms with van der Waals surface area (Å²) in [5, 5.41) is 0. The number of carbonyl (C=O) groups excluding carboxylic acids is 1. The molecule has 84 valence electrons. The molecule has 0 amide bonds. The summed E-state index contributed by atoms with van der Waals surface area (Å²) in [6.07, 6.45) is 2.44. The van der Waals surface area contributed by atoms with Crippen LogP contribution in [0.2, 0.25) is 0 Å². The Bertz CT molecular complexity index is 452. The fraction of sp³-hybridized carbons (Fsp3) is 0.429. The highest BCUT2D eigenvalue weighted by Gasteiger charge is 2.21. The van der Waals surface area contributed by atoms with E-state index >= 15 is 0 Å². The van der Waals surface area contributed by atoms with Crippen molar-refractivity contribution in [2.24, 2.45) is 10.4 Å². The summed E-state index contributed by atoms with van der Waals surface area (Å²) >= 11 is 0. The van der Waals surface area contributed by atoms with E-state index in [-0.39, 0.29) is 11.2 Å². The molecular weight excluding hydrogens is 198 g/mol. The van der Waals surface area contributed by atoms with E-state index in [0.717, 1.165) is 16.7 Å². The van der Waals surface area contributed by atoms with Crippen molar-refractivity contribution < 1.29 is 4.79 Å². The summed E-state index contributed by atoms with van der Waals surface area (Å²) in [6.45, 7) is 6.92. The lowest BCUT2D eigenvalue weighted by Crippen LogP contribution is -2.14. The van der Waals surface area contributed by atoms with Crippen molar-refractivity contribution in [3.05, 3.63) is 34.9 Å². The maximum atomic E-state index is 12.2. The standard InChI is InChI=1S/C14H17NO/c1-14(2,3)7-13(16)11-6-4-5-10-8-15-9-12(10)11/h4-6,8H,7,9H2,1-3H3. The van der Waals surface area contributed by atoms with Gasteiger partial charge in [-0.15, -0.1) is 0 Å². The normalized spacial score (nSPS) is 13.9. The molecule has 2 nitrogen and oxygen atoms in total. The number of carbonyl (C=O) groups is 1. The van der Waals surface area contributed by atoms with Gasteiger partial charge in [0.15, 0.2) is 5.78 Å². The maximum absolute atomic E-state index is 12.2. The van der Waals surface area contributed by atoms with Gasteiger partial charge in [-0.25, -0.2) is 0 Å². The summed E-state index contributed by atoms with van der Waals surface area (Å²) in [5.74, 6) is 0.231. The summed E-state index contributed by atoms with van der Waals surface area (Å²) in [6, 6.07) is 5.87. The van der Waals surface area contributed by atoms with Crippen LogP contribution in [0.4, 0.5) is 0 Å². The molecule has 1 aliphatic rings. The largest absolute Gasteiger partial charge is 0.294 e. The molecule has 0 bridgehead atoms. The molecule has 0 aliphatic carbocycles. The molecule has 0 radical (unpaired) electrons. The molecule has 1 aromatic carbocycles. The lowest BCUT2D eigenvalue weighted by atomic mass is 9.86. The van der Waals surface area contributed by atoms with E-state index in [1.165, 1.54) is 0 Å². The van der Waals surface area contributed by atoms with Crippen LogP contribution < -0.4 is 0 Å². The van der Waals surface area contributed by atoms with E-state index in [1.54, 1.807) is 0 Å². The Morgan fingerprint density at radius 1 is 1.38 bits per heavy atom. The molecular formula is C14H17NO. The smallest absolute Gasteiger partial charge is 0.163 e. The topological polar surface area (TPSA) is 29.4 Å². The van der Waals surface area contributed by atoms with E-state index in [9.17, 15) is 4.79 Å². The van der Waals surface area contributed by atoms with Crippen LogP contribution in [-0.2, 0) is 6.54 Å². The molecule has 1 aliphatic heterocycles. The van der Waals surface area contributed by atoms with Crippen molar-refractivity contribution in [3.63, 3.8) is 0 Å². The fourth-order valence-electron chi connectivity index (χ4n) is 1.98. The van der Waals surface area contributed by atoms with Gasteiger partial charge in [-0.1, -0.05) is 39.0 Å². The number of hydrogen-bond acceptors (Lipinski definition) is 2. The van der Waals surface area contributed by atoms with Crippen LogP contribution in [0.5, 0.6) is 0 Å². The van der Waals surface area contributed by atoms with E-state index in [0.29, 0.717) is 13.0 Å². The van der Waals surface area contributed by atoms with Crippen molar-refractivity contribution in [2.75, 3.05) is 0 Å². The van der Waals surface area contributed by atoms with Gasteiger partial charge in [0.1, 0.15) is 0 Å². The molecule has 0 saturated heterocycles. The van der Waals surface area contributed by atoms with Crippen LogP contribution in [0, 0.1) is 5.41 Å². The number of fused-ring (bicyclic) bond motifs is 1. The first-order chi connectivity index (χ1) is 7.47. The molecule has 16 heavy (non-hydrogen) atoms. The number of hydrogen-bond donors (Lipinski definition) is 0. The number of ketones is 1. The molecule has 0 unspecified atom stereocenters. The number of rotatable bonds is 2. The number of nitrogens with zero attached hydrogens (tertiary/aromatic N) is 1. The Morgan fingerprint density at radius 2 is 2.12 bits per heavy atom. The highest BCUT2D eigenvalue weighted by atomic mass is 16.1. The molecule has 0 saturated carbocycles. The molecule has 0 fully saturated rings. The van der Waals surface area contributed by atoms with Gasteiger partial charge < -0.3 is 0 Å². The lowest BCUT2D eigenvalue weighted by molar-refractivity contribution is 0.0939. The second-order valence-electron chi connectivity index (χ2n) is 5.50. The van der Waals surface area contributed by atoms with Gasteiger partial charge >= 0.3 is 0 Å². The average molecular weight is 215 g/mol. The van der Waals surface area contributed by atoms with E-state index in [2.05, 4.69) is 25.8 Å². The first-order valence-corrected chi connectivity index (χ1v) is 5.62. The molecule has 0 N–H and O–H groups in total. The second kappa shape index (κ2) is 3.85. The SMILES string of the molecule is CC(C)(C)CC(=O)c1cccc2c1CN=C2. The molecule has 0 aromatic heterocycles. The third-order valence-corrected chi connectivity index (χ3v) is 2.68. The van der Waals surface area contributed by atoms with Gasteiger partial charge in [0, 0.05) is 18.2 Å². The van der Waals surface area contributed by atoms with Crippen LogP contribution in [0.15, 0.2) is 23.2 Å². The Labute approximate surface area is 96.4 Å². The lowest BCUT2D eigenvalue weighted by Gasteiger charge is -2.17. The van der Waals surface area contributed by atoms with Crippen LogP contribution in [0.3, 0.4) is 0 Å². The minimum Gasteiger partial charge on any atom is -0.294 e. The summed E-state index contributed by atoms with van der Waals surface area (Å²) in [5.41, 5.74) is 3.08. The predicted octanol–water partition coefficient (Wildman–Crippen LogP) is 3.24. The number of benzene rings is 1. The van der Waals surface area contributed by atoms with Gasteiger partial charge in [0.05, 0.1) is 6.54 Å². The highest BCUT2D eigenvalue weighted by molar-refractivity contribution is 6.01. The van der Waals surface area contributed by atoms with E-state index in [4.69, 9.17) is 0 Å². The van der Waals surface area contributed by atoms with Crippen molar-refractivity contribution in [2.45, 2.75) is 33.7 Å². The molecule has 0 atom stereocenters. The Balaban J connectivity index is 2.29. The number of aliphatic imine (C=N–C) groups is 1. The minimum atomic E-state index is 0.0409. The molecule has 1 heterocycles. The Morgan fingerprint density at radius 3 is 2.81 bits per heavy atom.